The maximum absolute atomic E-state index is 11.5. The standard InChI is InChI=1S/C14H27N3O2.HI/c1-14(2,3)19-12(18)8-9-16-13(15)17-10-6-4-5-7-11-17;/h4-11H2,1-3H3,(H2,15,16);1H. The first-order valence-corrected chi connectivity index (χ1v) is 7.15. The van der Waals surface area contributed by atoms with Gasteiger partial charge in [-0.05, 0) is 33.6 Å². The molecule has 0 aromatic rings. The summed E-state index contributed by atoms with van der Waals surface area (Å²) in [5.74, 6) is 0.338. The number of nitrogens with zero attached hydrogens (tertiary/aromatic N) is 2. The van der Waals surface area contributed by atoms with Crippen molar-refractivity contribution in [2.45, 2.75) is 58.5 Å². The second-order valence-corrected chi connectivity index (χ2v) is 5.98. The van der Waals surface area contributed by atoms with Crippen LogP contribution in [0.2, 0.25) is 0 Å². The molecule has 1 rings (SSSR count). The number of likely N-dealkylation sites (tertiary alicyclic amines) is 1. The summed E-state index contributed by atoms with van der Waals surface area (Å²) < 4.78 is 5.22. The quantitative estimate of drug-likeness (QED) is 0.344. The van der Waals surface area contributed by atoms with E-state index < -0.39 is 5.60 Å². The third-order valence-corrected chi connectivity index (χ3v) is 2.94. The summed E-state index contributed by atoms with van der Waals surface area (Å²) in [6.07, 6.45) is 5.15. The molecule has 1 heterocycles. The largest absolute Gasteiger partial charge is 0.460 e. The minimum atomic E-state index is -0.433. The van der Waals surface area contributed by atoms with Crippen molar-refractivity contribution < 1.29 is 9.53 Å². The summed E-state index contributed by atoms with van der Waals surface area (Å²) in [6.45, 7) is 7.93. The fourth-order valence-electron chi connectivity index (χ4n) is 2.05. The van der Waals surface area contributed by atoms with Gasteiger partial charge < -0.3 is 15.4 Å². The van der Waals surface area contributed by atoms with Crippen LogP contribution >= 0.6 is 24.0 Å². The summed E-state index contributed by atoms with van der Waals surface area (Å²) >= 11 is 0. The van der Waals surface area contributed by atoms with Crippen molar-refractivity contribution in [1.29, 1.82) is 0 Å². The molecule has 0 aliphatic carbocycles. The van der Waals surface area contributed by atoms with Gasteiger partial charge in [0.1, 0.15) is 5.60 Å². The van der Waals surface area contributed by atoms with Gasteiger partial charge in [-0.15, -0.1) is 24.0 Å². The summed E-state index contributed by atoms with van der Waals surface area (Å²) in [5.41, 5.74) is 5.52. The molecule has 0 aromatic carbocycles. The molecular formula is C14H28IN3O2. The molecule has 1 saturated heterocycles. The highest BCUT2D eigenvalue weighted by Crippen LogP contribution is 2.10. The van der Waals surface area contributed by atoms with E-state index in [0.29, 0.717) is 12.5 Å². The lowest BCUT2D eigenvalue weighted by atomic mass is 10.2. The zero-order chi connectivity index (χ0) is 14.3. The third-order valence-electron chi connectivity index (χ3n) is 2.94. The van der Waals surface area contributed by atoms with Crippen LogP contribution in [-0.4, -0.2) is 42.1 Å². The molecule has 2 N–H and O–H groups in total. The average molecular weight is 397 g/mol. The number of carbonyl (C=O) groups excluding carboxylic acids is 1. The van der Waals surface area contributed by atoms with E-state index in [1.54, 1.807) is 0 Å². The summed E-state index contributed by atoms with van der Waals surface area (Å²) in [5, 5.41) is 0. The number of nitrogens with two attached hydrogens (primary N) is 1. The van der Waals surface area contributed by atoms with E-state index in [1.807, 2.05) is 20.8 Å². The van der Waals surface area contributed by atoms with Crippen LogP contribution in [0.3, 0.4) is 0 Å². The highest BCUT2D eigenvalue weighted by Gasteiger charge is 2.16. The zero-order valence-corrected chi connectivity index (χ0v) is 15.2. The molecule has 0 bridgehead atoms. The number of aliphatic imine (C=N–C) groups is 1. The normalized spacial score (nSPS) is 17.1. The highest BCUT2D eigenvalue weighted by atomic mass is 127. The lowest BCUT2D eigenvalue weighted by Gasteiger charge is -2.21. The fourth-order valence-corrected chi connectivity index (χ4v) is 2.05. The third kappa shape index (κ3) is 8.60. The van der Waals surface area contributed by atoms with Crippen molar-refractivity contribution in [3.05, 3.63) is 0 Å². The van der Waals surface area contributed by atoms with Gasteiger partial charge in [-0.1, -0.05) is 12.8 Å². The van der Waals surface area contributed by atoms with E-state index in [1.165, 1.54) is 25.7 Å². The van der Waals surface area contributed by atoms with E-state index in [4.69, 9.17) is 10.5 Å². The lowest BCUT2D eigenvalue weighted by Crippen LogP contribution is -2.38. The van der Waals surface area contributed by atoms with Crippen LogP contribution in [0.15, 0.2) is 4.99 Å². The minimum Gasteiger partial charge on any atom is -0.460 e. The zero-order valence-electron chi connectivity index (χ0n) is 12.9. The number of guanidine groups is 1. The Bertz CT molecular complexity index is 319. The fraction of sp³-hybridized carbons (Fsp3) is 0.857. The molecule has 1 aliphatic heterocycles. The molecule has 20 heavy (non-hydrogen) atoms. The van der Waals surface area contributed by atoms with Crippen molar-refractivity contribution >= 4 is 35.9 Å². The van der Waals surface area contributed by atoms with E-state index in [2.05, 4.69) is 9.89 Å². The predicted octanol–water partition coefficient (Wildman–Crippen LogP) is 2.53. The number of carbonyl (C=O) groups is 1. The Kier molecular flexibility index (Phi) is 9.16. The van der Waals surface area contributed by atoms with Gasteiger partial charge >= 0.3 is 5.97 Å². The van der Waals surface area contributed by atoms with E-state index in [0.717, 1.165) is 13.1 Å². The monoisotopic (exact) mass is 397 g/mol. The first-order chi connectivity index (χ1) is 8.88. The van der Waals surface area contributed by atoms with Crippen LogP contribution in [0, 0.1) is 0 Å². The summed E-state index contributed by atoms with van der Waals surface area (Å²) in [7, 11) is 0. The van der Waals surface area contributed by atoms with Crippen LogP contribution in [0.25, 0.3) is 0 Å². The van der Waals surface area contributed by atoms with Crippen LogP contribution in [0.1, 0.15) is 52.9 Å². The Labute approximate surface area is 139 Å². The van der Waals surface area contributed by atoms with E-state index in [9.17, 15) is 4.79 Å². The summed E-state index contributed by atoms with van der Waals surface area (Å²) in [6, 6.07) is 0. The number of hydrogen-bond acceptors (Lipinski definition) is 3. The Balaban J connectivity index is 0.00000361. The molecule has 118 valence electrons. The van der Waals surface area contributed by atoms with Crippen molar-refractivity contribution in [2.24, 2.45) is 10.7 Å². The number of halogens is 1. The SMILES string of the molecule is CC(C)(C)OC(=O)CCN=C(N)N1CCCCCC1.I. The van der Waals surface area contributed by atoms with Gasteiger partial charge in [-0.3, -0.25) is 9.79 Å². The molecule has 0 radical (unpaired) electrons. The first kappa shape index (κ1) is 19.5. The molecule has 6 heteroatoms. The number of esters is 1. The van der Waals surface area contributed by atoms with Gasteiger partial charge in [0.15, 0.2) is 5.96 Å². The van der Waals surface area contributed by atoms with Crippen LogP contribution in [0.4, 0.5) is 0 Å². The van der Waals surface area contributed by atoms with Crippen molar-refractivity contribution in [2.75, 3.05) is 19.6 Å². The molecule has 5 nitrogen and oxygen atoms in total. The topological polar surface area (TPSA) is 67.9 Å². The Morgan fingerprint density at radius 2 is 1.75 bits per heavy atom. The Morgan fingerprint density at radius 1 is 1.20 bits per heavy atom. The molecule has 0 unspecified atom stereocenters. The van der Waals surface area contributed by atoms with Gasteiger partial charge in [0.2, 0.25) is 0 Å². The second kappa shape index (κ2) is 9.41. The second-order valence-electron chi connectivity index (χ2n) is 5.98. The van der Waals surface area contributed by atoms with Gasteiger partial charge in [0.05, 0.1) is 13.0 Å². The number of rotatable bonds is 3. The molecule has 0 spiro atoms. The average Bonchev–Trinajstić information content (AvgIpc) is 2.54. The number of ether oxygens (including phenoxy) is 1. The van der Waals surface area contributed by atoms with Gasteiger partial charge in [-0.2, -0.15) is 0 Å². The predicted molar refractivity (Wildman–Crippen MR) is 92.4 cm³/mol. The van der Waals surface area contributed by atoms with Crippen LogP contribution < -0.4 is 5.73 Å². The van der Waals surface area contributed by atoms with Crippen molar-refractivity contribution in [3.63, 3.8) is 0 Å². The van der Waals surface area contributed by atoms with Gasteiger partial charge in [0, 0.05) is 13.1 Å². The molecule has 1 aliphatic rings. The molecule has 0 atom stereocenters. The van der Waals surface area contributed by atoms with Crippen LogP contribution in [0.5, 0.6) is 0 Å². The first-order valence-electron chi connectivity index (χ1n) is 7.15. The Morgan fingerprint density at radius 3 is 2.25 bits per heavy atom. The van der Waals surface area contributed by atoms with Crippen LogP contribution in [-0.2, 0) is 9.53 Å². The molecule has 0 saturated carbocycles. The lowest BCUT2D eigenvalue weighted by molar-refractivity contribution is -0.154. The highest BCUT2D eigenvalue weighted by molar-refractivity contribution is 14.0. The minimum absolute atomic E-state index is 0. The number of hydrogen-bond donors (Lipinski definition) is 1. The summed E-state index contributed by atoms with van der Waals surface area (Å²) in [4.78, 5) is 17.9. The smallest absolute Gasteiger partial charge is 0.308 e. The Hall–Kier alpha value is -0.530. The maximum Gasteiger partial charge on any atom is 0.308 e. The van der Waals surface area contributed by atoms with Gasteiger partial charge in [0.25, 0.3) is 0 Å². The molecule has 0 amide bonds. The van der Waals surface area contributed by atoms with E-state index >= 15 is 0 Å². The molecule has 0 aromatic heterocycles. The maximum atomic E-state index is 11.5. The van der Waals surface area contributed by atoms with E-state index in [-0.39, 0.29) is 36.4 Å². The molecule has 1 fully saturated rings. The van der Waals surface area contributed by atoms with Crippen molar-refractivity contribution in [1.82, 2.24) is 4.90 Å². The van der Waals surface area contributed by atoms with Crippen molar-refractivity contribution in [3.8, 4) is 0 Å². The van der Waals surface area contributed by atoms with Gasteiger partial charge in [-0.25, -0.2) is 0 Å². The molecular weight excluding hydrogens is 369 g/mol.